The van der Waals surface area contributed by atoms with Crippen molar-refractivity contribution in [1.29, 1.82) is 0 Å². The predicted octanol–water partition coefficient (Wildman–Crippen LogP) is 4.21. The van der Waals surface area contributed by atoms with Gasteiger partial charge in [-0.3, -0.25) is 4.79 Å². The maximum Gasteiger partial charge on any atom is 0.219 e. The summed E-state index contributed by atoms with van der Waals surface area (Å²) in [6.45, 7) is 7.14. The van der Waals surface area contributed by atoms with E-state index in [1.165, 1.54) is 19.3 Å². The molecule has 2 aliphatic heterocycles. The van der Waals surface area contributed by atoms with Crippen LogP contribution in [-0.2, 0) is 11.3 Å². The first-order valence-electron chi connectivity index (χ1n) is 14.2. The number of fused-ring (bicyclic) bond motifs is 2. The Morgan fingerprint density at radius 3 is 2.72 bits per heavy atom. The van der Waals surface area contributed by atoms with E-state index in [2.05, 4.69) is 54.4 Å². The van der Waals surface area contributed by atoms with Crippen LogP contribution in [0.15, 0.2) is 49.1 Å². The van der Waals surface area contributed by atoms with E-state index in [0.717, 1.165) is 78.9 Å². The molecule has 204 valence electrons. The Labute approximate surface area is 229 Å². The summed E-state index contributed by atoms with van der Waals surface area (Å²) < 4.78 is 6.82. The lowest BCUT2D eigenvalue weighted by atomic mass is 10.0. The van der Waals surface area contributed by atoms with Crippen molar-refractivity contribution in [1.82, 2.24) is 35.1 Å². The smallest absolute Gasteiger partial charge is 0.219 e. The van der Waals surface area contributed by atoms with Crippen molar-refractivity contribution in [3.8, 4) is 5.75 Å². The van der Waals surface area contributed by atoms with Crippen LogP contribution < -0.4 is 10.1 Å². The molecular formula is C30H37N7O2. The summed E-state index contributed by atoms with van der Waals surface area (Å²) in [5, 5.41) is 5.73. The maximum absolute atomic E-state index is 12.6. The maximum atomic E-state index is 12.6. The van der Waals surface area contributed by atoms with Crippen molar-refractivity contribution in [3.63, 3.8) is 0 Å². The fourth-order valence-electron chi connectivity index (χ4n) is 6.00. The van der Waals surface area contributed by atoms with Crippen LogP contribution in [0.2, 0.25) is 0 Å². The highest BCUT2D eigenvalue weighted by Crippen LogP contribution is 2.36. The van der Waals surface area contributed by atoms with Gasteiger partial charge in [0.2, 0.25) is 5.91 Å². The second kappa shape index (κ2) is 11.7. The third-order valence-electron chi connectivity index (χ3n) is 8.15. The topological polar surface area (TPSA) is 99.3 Å². The number of imidazole rings is 1. The predicted molar refractivity (Wildman–Crippen MR) is 151 cm³/mol. The van der Waals surface area contributed by atoms with Crippen molar-refractivity contribution in [2.24, 2.45) is 0 Å². The molecule has 4 aromatic rings. The van der Waals surface area contributed by atoms with E-state index in [1.54, 1.807) is 19.6 Å². The zero-order valence-corrected chi connectivity index (χ0v) is 22.6. The third-order valence-corrected chi connectivity index (χ3v) is 8.15. The molecule has 1 unspecified atom stereocenters. The van der Waals surface area contributed by atoms with E-state index >= 15 is 0 Å². The Hall–Kier alpha value is -3.56. The fourth-order valence-corrected chi connectivity index (χ4v) is 6.00. The summed E-state index contributed by atoms with van der Waals surface area (Å²) in [6, 6.07) is 12.6. The number of nitrogens with one attached hydrogen (secondary N) is 2. The average molecular weight is 528 g/mol. The Morgan fingerprint density at radius 2 is 1.92 bits per heavy atom. The first-order chi connectivity index (χ1) is 19.2. The van der Waals surface area contributed by atoms with Crippen LogP contribution >= 0.6 is 0 Å². The van der Waals surface area contributed by atoms with Gasteiger partial charge in [-0.15, -0.1) is 0 Å². The molecule has 0 aliphatic carbocycles. The quantitative estimate of drug-likeness (QED) is 0.336. The molecule has 2 atom stereocenters. The largest absolute Gasteiger partial charge is 0.482 e. The number of hydrogen-bond acceptors (Lipinski definition) is 7. The van der Waals surface area contributed by atoms with Crippen LogP contribution in [0, 0.1) is 0 Å². The molecule has 2 aromatic carbocycles. The van der Waals surface area contributed by atoms with Crippen LogP contribution in [0.3, 0.4) is 0 Å². The monoisotopic (exact) mass is 527 g/mol. The Morgan fingerprint density at radius 1 is 1.08 bits per heavy atom. The second-order valence-corrected chi connectivity index (χ2v) is 10.7. The lowest BCUT2D eigenvalue weighted by molar-refractivity contribution is -0.129. The molecule has 4 heterocycles. The number of hydrogen-bond donors (Lipinski definition) is 2. The van der Waals surface area contributed by atoms with Gasteiger partial charge in [-0.25, -0.2) is 15.0 Å². The van der Waals surface area contributed by atoms with Gasteiger partial charge in [0.1, 0.15) is 23.3 Å². The van der Waals surface area contributed by atoms with Gasteiger partial charge in [0, 0.05) is 31.9 Å². The average Bonchev–Trinajstić information content (AvgIpc) is 3.68. The second-order valence-electron chi connectivity index (χ2n) is 10.7. The van der Waals surface area contributed by atoms with E-state index in [0.29, 0.717) is 12.2 Å². The van der Waals surface area contributed by atoms with Crippen molar-refractivity contribution < 1.29 is 9.53 Å². The molecule has 39 heavy (non-hydrogen) atoms. The molecule has 2 N–H and O–H groups in total. The van der Waals surface area contributed by atoms with Crippen LogP contribution in [0.4, 0.5) is 0 Å². The number of amides is 1. The highest BCUT2D eigenvalue weighted by molar-refractivity contribution is 5.91. The van der Waals surface area contributed by atoms with E-state index in [1.807, 2.05) is 17.0 Å². The number of benzene rings is 2. The van der Waals surface area contributed by atoms with Crippen LogP contribution in [0.5, 0.6) is 5.75 Å². The number of aromatic amines is 1. The first-order valence-corrected chi connectivity index (χ1v) is 14.2. The van der Waals surface area contributed by atoms with Crippen molar-refractivity contribution in [2.75, 3.05) is 32.7 Å². The van der Waals surface area contributed by atoms with E-state index in [4.69, 9.17) is 4.74 Å². The van der Waals surface area contributed by atoms with Gasteiger partial charge in [0.05, 0.1) is 12.4 Å². The standard InChI is InChI=1S/C30H37N7O2/c1-21(38)37(17-16-36-14-5-2-6-15-36)18-22-11-12-26(24-9-4-3-8-23(22)24)39-29(25-10-7-13-31-25)27-28-30(34-19-32-27)35-20-33-28/h3-4,8-9,11-12,19-20,25,29,31H,2,5-7,10,13-18H2,1H3,(H,32,33,34,35)/t25?,29-/m1/s1. The van der Waals surface area contributed by atoms with Crippen molar-refractivity contribution in [2.45, 2.75) is 57.7 Å². The SMILES string of the molecule is CC(=O)N(CCN1CCCCC1)Cc1ccc(O[C@@H](c2ncnc3[nH]cnc23)C2CCCN2)c2ccccc12. The highest BCUT2D eigenvalue weighted by atomic mass is 16.5. The van der Waals surface area contributed by atoms with Crippen LogP contribution in [0.25, 0.3) is 21.9 Å². The zero-order chi connectivity index (χ0) is 26.6. The number of piperidine rings is 1. The lowest BCUT2D eigenvalue weighted by Crippen LogP contribution is -2.39. The summed E-state index contributed by atoms with van der Waals surface area (Å²) >= 11 is 0. The summed E-state index contributed by atoms with van der Waals surface area (Å²) in [7, 11) is 0. The molecule has 2 aliphatic rings. The molecular weight excluding hydrogens is 490 g/mol. The number of carbonyl (C=O) groups excluding carboxylic acids is 1. The summed E-state index contributed by atoms with van der Waals surface area (Å²) in [5.74, 6) is 0.911. The van der Waals surface area contributed by atoms with Gasteiger partial charge >= 0.3 is 0 Å². The third kappa shape index (κ3) is 5.60. The number of H-pyrrole nitrogens is 1. The molecule has 0 spiro atoms. The summed E-state index contributed by atoms with van der Waals surface area (Å²) in [4.78, 5) is 33.6. The first kappa shape index (κ1) is 25.7. The molecule has 9 heteroatoms. The zero-order valence-electron chi connectivity index (χ0n) is 22.6. The van der Waals surface area contributed by atoms with Crippen molar-refractivity contribution >= 4 is 27.8 Å². The van der Waals surface area contributed by atoms with Crippen LogP contribution in [-0.4, -0.2) is 74.4 Å². The van der Waals surface area contributed by atoms with E-state index in [-0.39, 0.29) is 18.1 Å². The van der Waals surface area contributed by atoms with Gasteiger partial charge in [-0.1, -0.05) is 36.8 Å². The molecule has 1 amide bonds. The Balaban J connectivity index is 1.29. The lowest BCUT2D eigenvalue weighted by Gasteiger charge is -2.30. The van der Waals surface area contributed by atoms with Gasteiger partial charge in [0.25, 0.3) is 0 Å². The number of ether oxygens (including phenoxy) is 1. The summed E-state index contributed by atoms with van der Waals surface area (Å²) in [5.41, 5.74) is 3.36. The molecule has 0 radical (unpaired) electrons. The minimum absolute atomic E-state index is 0.107. The van der Waals surface area contributed by atoms with Gasteiger partial charge in [-0.2, -0.15) is 0 Å². The number of carbonyl (C=O) groups is 1. The highest BCUT2D eigenvalue weighted by Gasteiger charge is 2.32. The number of likely N-dealkylation sites (tertiary alicyclic amines) is 1. The number of rotatable bonds is 9. The Kier molecular flexibility index (Phi) is 7.69. The number of nitrogens with zero attached hydrogens (tertiary/aromatic N) is 5. The molecule has 0 bridgehead atoms. The van der Waals surface area contributed by atoms with Gasteiger partial charge in [-0.05, 0) is 62.3 Å². The van der Waals surface area contributed by atoms with Gasteiger partial charge in [0.15, 0.2) is 11.8 Å². The fraction of sp³-hybridized carbons (Fsp3) is 0.467. The molecule has 9 nitrogen and oxygen atoms in total. The molecule has 0 saturated carbocycles. The molecule has 6 rings (SSSR count). The molecule has 2 saturated heterocycles. The molecule has 2 aromatic heterocycles. The summed E-state index contributed by atoms with van der Waals surface area (Å²) in [6.07, 6.45) is 8.83. The van der Waals surface area contributed by atoms with E-state index in [9.17, 15) is 4.79 Å². The minimum Gasteiger partial charge on any atom is -0.482 e. The minimum atomic E-state index is -0.311. The normalized spacial score (nSPS) is 18.9. The van der Waals surface area contributed by atoms with E-state index < -0.39 is 0 Å². The van der Waals surface area contributed by atoms with Crippen molar-refractivity contribution in [3.05, 3.63) is 60.3 Å². The number of aromatic nitrogens is 4. The van der Waals surface area contributed by atoms with Crippen LogP contribution in [0.1, 0.15) is 56.4 Å². The van der Waals surface area contributed by atoms with Gasteiger partial charge < -0.3 is 24.8 Å². The molecule has 2 fully saturated rings. The Bertz CT molecular complexity index is 1430.